The van der Waals surface area contributed by atoms with Gasteiger partial charge in [0, 0.05) is 26.2 Å². The van der Waals surface area contributed by atoms with E-state index in [1.54, 1.807) is 14.2 Å². The first kappa shape index (κ1) is 45.6. The fourth-order valence-electron chi connectivity index (χ4n) is 1.44. The molecule has 0 aromatic carbocycles. The molecule has 0 rings (SSSR count). The highest BCUT2D eigenvalue weighted by Crippen LogP contribution is 2.01. The molecule has 7 heteroatoms. The summed E-state index contributed by atoms with van der Waals surface area (Å²) in [5.74, 6) is -0.352. The summed E-state index contributed by atoms with van der Waals surface area (Å²) in [6.45, 7) is 7.50. The minimum Gasteiger partial charge on any atom is -0.460 e. The number of carbonyl (C=O) groups excluding carboxylic acids is 1. The molecular weight excluding hydrogens is 364 g/mol. The highest BCUT2D eigenvalue weighted by molar-refractivity contribution is 5.81. The van der Waals surface area contributed by atoms with Gasteiger partial charge in [-0.1, -0.05) is 51.1 Å². The van der Waals surface area contributed by atoms with Crippen LogP contribution in [0.2, 0.25) is 0 Å². The highest BCUT2D eigenvalue weighted by atomic mass is 16.6. The summed E-state index contributed by atoms with van der Waals surface area (Å²) < 4.78 is 31.1. The van der Waals surface area contributed by atoms with Crippen molar-refractivity contribution in [1.29, 1.82) is 0 Å². The molecule has 178 valence electrons. The average molecular weight is 417 g/mol. The second-order valence-corrected chi connectivity index (χ2v) is 4.45. The minimum absolute atomic E-state index is 0. The maximum atomic E-state index is 10.9. The monoisotopic (exact) mass is 416 g/mol. The van der Waals surface area contributed by atoms with Crippen LogP contribution in [0.5, 0.6) is 0 Å². The van der Waals surface area contributed by atoms with Gasteiger partial charge in [-0.3, -0.25) is 0 Å². The quantitative estimate of drug-likeness (QED) is 0.208. The molecular formula is C21H52O7. The van der Waals surface area contributed by atoms with Gasteiger partial charge in [-0.05, 0) is 0 Å². The van der Waals surface area contributed by atoms with Crippen LogP contribution in [0.3, 0.4) is 0 Å². The molecule has 0 unspecified atom stereocenters. The van der Waals surface area contributed by atoms with Gasteiger partial charge in [0.05, 0.1) is 52.9 Å². The molecule has 0 atom stereocenters. The third kappa shape index (κ3) is 32.7. The molecule has 0 N–H and O–H groups in total. The van der Waals surface area contributed by atoms with Crippen molar-refractivity contribution in [3.05, 3.63) is 12.7 Å². The molecule has 0 aromatic rings. The lowest BCUT2D eigenvalue weighted by molar-refractivity contribution is -0.139. The van der Waals surface area contributed by atoms with E-state index in [0.29, 0.717) is 52.9 Å². The Morgan fingerprint density at radius 2 is 1.07 bits per heavy atom. The predicted molar refractivity (Wildman–Crippen MR) is 121 cm³/mol. The molecule has 0 heterocycles. The van der Waals surface area contributed by atoms with Crippen LogP contribution in [0.15, 0.2) is 12.7 Å². The van der Waals surface area contributed by atoms with E-state index in [0.717, 1.165) is 6.08 Å². The van der Waals surface area contributed by atoms with Crippen LogP contribution >= 0.6 is 0 Å². The van der Waals surface area contributed by atoms with E-state index in [1.165, 1.54) is 0 Å². The second-order valence-electron chi connectivity index (χ2n) is 4.45. The number of ether oxygens (including phenoxy) is 6. The zero-order valence-electron chi connectivity index (χ0n) is 13.6. The van der Waals surface area contributed by atoms with Crippen molar-refractivity contribution in [2.75, 3.05) is 73.7 Å². The second kappa shape index (κ2) is 36.9. The van der Waals surface area contributed by atoms with Crippen LogP contribution in [0.1, 0.15) is 44.6 Å². The molecule has 0 fully saturated rings. The third-order valence-electron chi connectivity index (χ3n) is 2.56. The molecule has 0 aliphatic rings. The van der Waals surface area contributed by atoms with Crippen molar-refractivity contribution < 1.29 is 33.2 Å². The van der Waals surface area contributed by atoms with Gasteiger partial charge in [0.15, 0.2) is 0 Å². The van der Waals surface area contributed by atoms with Gasteiger partial charge in [0.2, 0.25) is 0 Å². The Kier molecular flexibility index (Phi) is 60.1. The first-order valence-electron chi connectivity index (χ1n) is 7.24. The molecule has 0 aliphatic carbocycles. The third-order valence-corrected chi connectivity index (χ3v) is 2.56. The number of hydrogen-bond acceptors (Lipinski definition) is 7. The summed E-state index contributed by atoms with van der Waals surface area (Å²) in [5, 5.41) is 0. The molecule has 0 aromatic heterocycles. The van der Waals surface area contributed by atoms with E-state index in [9.17, 15) is 4.79 Å². The smallest absolute Gasteiger partial charge is 0.330 e. The molecule has 0 spiro atoms. The summed E-state index contributed by atoms with van der Waals surface area (Å²) in [5.41, 5.74) is 0. The van der Waals surface area contributed by atoms with E-state index in [4.69, 9.17) is 28.4 Å². The zero-order valence-corrected chi connectivity index (χ0v) is 13.6. The van der Waals surface area contributed by atoms with Crippen LogP contribution in [0.25, 0.3) is 0 Å². The zero-order chi connectivity index (χ0) is 16.5. The molecule has 28 heavy (non-hydrogen) atoms. The maximum absolute atomic E-state index is 10.9. The molecule has 0 saturated heterocycles. The summed E-state index contributed by atoms with van der Waals surface area (Å²) in [4.78, 5) is 10.9. The Bertz CT molecular complexity index is 261. The summed E-state index contributed by atoms with van der Waals surface area (Å²) >= 11 is 0. The summed E-state index contributed by atoms with van der Waals surface area (Å²) in [7, 11) is 3.25. The number of hydrogen-bond donors (Lipinski definition) is 0. The van der Waals surface area contributed by atoms with E-state index in [2.05, 4.69) is 6.58 Å². The van der Waals surface area contributed by atoms with Gasteiger partial charge >= 0.3 is 5.97 Å². The largest absolute Gasteiger partial charge is 0.460 e. The van der Waals surface area contributed by atoms with Gasteiger partial charge in [-0.2, -0.15) is 0 Å². The summed E-state index contributed by atoms with van der Waals surface area (Å²) in [6.07, 6.45) is 1.12. The van der Waals surface area contributed by atoms with Gasteiger partial charge < -0.3 is 28.4 Å². The highest BCUT2D eigenvalue weighted by Gasteiger charge is 2.10. The molecule has 0 amide bonds. The Hall–Kier alpha value is -0.990. The Morgan fingerprint density at radius 1 is 0.714 bits per heavy atom. The van der Waals surface area contributed by atoms with Crippen molar-refractivity contribution in [2.45, 2.75) is 44.6 Å². The van der Waals surface area contributed by atoms with E-state index >= 15 is 0 Å². The lowest BCUT2D eigenvalue weighted by Gasteiger charge is -2.17. The van der Waals surface area contributed by atoms with E-state index in [-0.39, 0.29) is 57.1 Å². The lowest BCUT2D eigenvalue weighted by atomic mass is 10.2. The molecule has 0 saturated carbocycles. The average Bonchev–Trinajstić information content (AvgIpc) is 2.54. The number of esters is 1. The van der Waals surface area contributed by atoms with E-state index in [1.807, 2.05) is 0 Å². The Morgan fingerprint density at radius 3 is 1.39 bits per heavy atom. The van der Waals surface area contributed by atoms with Crippen molar-refractivity contribution in [3.63, 3.8) is 0 Å². The van der Waals surface area contributed by atoms with Crippen molar-refractivity contribution in [1.82, 2.24) is 0 Å². The molecule has 0 bridgehead atoms. The fourth-order valence-corrected chi connectivity index (χ4v) is 1.44. The van der Waals surface area contributed by atoms with Crippen LogP contribution in [0, 0.1) is 5.92 Å². The van der Waals surface area contributed by atoms with Crippen LogP contribution in [0.4, 0.5) is 0 Å². The maximum Gasteiger partial charge on any atom is 0.330 e. The number of methoxy groups -OCH3 is 2. The van der Waals surface area contributed by atoms with Crippen LogP contribution < -0.4 is 0 Å². The molecule has 7 nitrogen and oxygen atoms in total. The van der Waals surface area contributed by atoms with Gasteiger partial charge in [-0.25, -0.2) is 4.79 Å². The first-order chi connectivity index (χ1) is 10.7. The minimum atomic E-state index is -0.453. The molecule has 0 aliphatic heterocycles. The van der Waals surface area contributed by atoms with Crippen LogP contribution in [-0.4, -0.2) is 79.7 Å². The lowest BCUT2D eigenvalue weighted by Crippen LogP contribution is -2.24. The standard InChI is InChI=1S/C15H28O7.6CH4/c1-4-15(16)22-10-9-21-13-14(11-19-7-5-17-2)12-20-8-6-18-3;;;;;;/h4,14H,1,5-13H2,2-3H3;6*1H4. The predicted octanol–water partition coefficient (Wildman–Crippen LogP) is 4.49. The van der Waals surface area contributed by atoms with Crippen molar-refractivity contribution in [3.8, 4) is 0 Å². The van der Waals surface area contributed by atoms with Gasteiger partial charge in [-0.15, -0.1) is 0 Å². The first-order valence-corrected chi connectivity index (χ1v) is 7.24. The van der Waals surface area contributed by atoms with Gasteiger partial charge in [0.1, 0.15) is 6.61 Å². The topological polar surface area (TPSA) is 72.5 Å². The van der Waals surface area contributed by atoms with Crippen LogP contribution in [-0.2, 0) is 33.2 Å². The SMILES string of the molecule is C.C.C.C.C.C.C=CC(=O)OCCOCC(COCCOC)COCCOC. The normalized spacial score (nSPS) is 8.54. The summed E-state index contributed by atoms with van der Waals surface area (Å²) in [6, 6.07) is 0. The van der Waals surface area contributed by atoms with Crippen molar-refractivity contribution >= 4 is 5.97 Å². The van der Waals surface area contributed by atoms with Gasteiger partial charge in [0.25, 0.3) is 0 Å². The number of rotatable bonds is 16. The Balaban J connectivity index is -0.000000147. The van der Waals surface area contributed by atoms with Crippen molar-refractivity contribution in [2.24, 2.45) is 5.92 Å². The fraction of sp³-hybridized carbons (Fsp3) is 0.857. The number of carbonyl (C=O) groups is 1. The van der Waals surface area contributed by atoms with E-state index < -0.39 is 5.97 Å². The molecule has 0 radical (unpaired) electrons. The Labute approximate surface area is 176 Å².